The quantitative estimate of drug-likeness (QED) is 0.801. The number of hydrogen-bond donors (Lipinski definition) is 1. The molecule has 1 aliphatic rings. The third-order valence-electron chi connectivity index (χ3n) is 4.19. The van der Waals surface area contributed by atoms with Crippen molar-refractivity contribution < 1.29 is 5.11 Å². The molecule has 1 saturated carbocycles. The molecule has 2 atom stereocenters. The summed E-state index contributed by atoms with van der Waals surface area (Å²) in [6.45, 7) is 3.75. The smallest absolute Gasteiger partial charge is 0.0750 e. The number of fused-ring (bicyclic) bond motifs is 1. The summed E-state index contributed by atoms with van der Waals surface area (Å²) in [4.78, 5) is 0. The van der Waals surface area contributed by atoms with Crippen LogP contribution in [0.3, 0.4) is 0 Å². The summed E-state index contributed by atoms with van der Waals surface area (Å²) in [5, 5.41) is 13.0. The molecular weight excluding hydrogens is 220 g/mol. The average molecular weight is 238 g/mol. The molecule has 1 N–H and O–H groups in total. The van der Waals surface area contributed by atoms with Crippen LogP contribution in [0, 0.1) is 0 Å². The zero-order chi connectivity index (χ0) is 12.6. The maximum absolute atomic E-state index is 10.5. The summed E-state index contributed by atoms with van der Waals surface area (Å²) in [5.74, 6) is 0.264. The van der Waals surface area contributed by atoms with Crippen molar-refractivity contribution in [1.29, 1.82) is 0 Å². The first-order chi connectivity index (χ1) is 8.73. The highest BCUT2D eigenvalue weighted by molar-refractivity contribution is 5.83. The molecule has 3 rings (SSSR count). The fraction of sp³-hybridized carbons (Fsp3) is 0.294. The van der Waals surface area contributed by atoms with Gasteiger partial charge >= 0.3 is 0 Å². The van der Waals surface area contributed by atoms with Crippen LogP contribution in [-0.2, 0) is 0 Å². The van der Waals surface area contributed by atoms with Crippen molar-refractivity contribution >= 4 is 10.8 Å². The SMILES string of the molecule is C=CC[C@@]1(O)CC[C@@H]1c1ccc2ccccc2c1. The van der Waals surface area contributed by atoms with E-state index in [-0.39, 0.29) is 5.92 Å². The van der Waals surface area contributed by atoms with Crippen LogP contribution < -0.4 is 0 Å². The number of aliphatic hydroxyl groups is 1. The molecule has 0 amide bonds. The fourth-order valence-corrected chi connectivity index (χ4v) is 3.02. The first-order valence-corrected chi connectivity index (χ1v) is 6.55. The van der Waals surface area contributed by atoms with Gasteiger partial charge in [-0.05, 0) is 35.6 Å². The Morgan fingerprint density at radius 1 is 1.22 bits per heavy atom. The van der Waals surface area contributed by atoms with Gasteiger partial charge in [0.05, 0.1) is 5.60 Å². The monoisotopic (exact) mass is 238 g/mol. The van der Waals surface area contributed by atoms with Gasteiger partial charge in [0.15, 0.2) is 0 Å². The predicted octanol–water partition coefficient (Wildman–Crippen LogP) is 4.02. The van der Waals surface area contributed by atoms with Gasteiger partial charge in [0.2, 0.25) is 0 Å². The van der Waals surface area contributed by atoms with Gasteiger partial charge in [-0.15, -0.1) is 6.58 Å². The number of rotatable bonds is 3. The van der Waals surface area contributed by atoms with Gasteiger partial charge in [0.1, 0.15) is 0 Å². The van der Waals surface area contributed by atoms with E-state index in [1.165, 1.54) is 16.3 Å². The molecular formula is C17H18O. The molecule has 1 nitrogen and oxygen atoms in total. The average Bonchev–Trinajstić information content (AvgIpc) is 2.38. The number of benzene rings is 2. The molecule has 1 heteroatoms. The summed E-state index contributed by atoms with van der Waals surface area (Å²) in [6, 6.07) is 14.9. The molecule has 92 valence electrons. The number of hydrogen-bond acceptors (Lipinski definition) is 1. The van der Waals surface area contributed by atoms with Gasteiger partial charge in [-0.3, -0.25) is 0 Å². The Balaban J connectivity index is 1.97. The molecule has 0 radical (unpaired) electrons. The molecule has 0 aromatic heterocycles. The highest BCUT2D eigenvalue weighted by Gasteiger charge is 2.44. The van der Waals surface area contributed by atoms with E-state index >= 15 is 0 Å². The third kappa shape index (κ3) is 1.75. The van der Waals surface area contributed by atoms with E-state index in [2.05, 4.69) is 49.0 Å². The largest absolute Gasteiger partial charge is 0.389 e. The minimum atomic E-state index is -0.565. The lowest BCUT2D eigenvalue weighted by Crippen LogP contribution is -2.44. The van der Waals surface area contributed by atoms with Crippen molar-refractivity contribution in [2.45, 2.75) is 30.8 Å². The Bertz CT molecular complexity index is 587. The van der Waals surface area contributed by atoms with Crippen molar-refractivity contribution in [2.75, 3.05) is 0 Å². The Morgan fingerprint density at radius 2 is 2.00 bits per heavy atom. The van der Waals surface area contributed by atoms with Crippen LogP contribution in [0.4, 0.5) is 0 Å². The second kappa shape index (κ2) is 4.25. The van der Waals surface area contributed by atoms with Crippen molar-refractivity contribution in [3.63, 3.8) is 0 Å². The molecule has 1 fully saturated rings. The van der Waals surface area contributed by atoms with E-state index in [4.69, 9.17) is 0 Å². The Hall–Kier alpha value is -1.60. The maximum Gasteiger partial charge on any atom is 0.0750 e. The van der Waals surface area contributed by atoms with Gasteiger partial charge in [-0.1, -0.05) is 48.5 Å². The molecule has 1 aliphatic carbocycles. The summed E-state index contributed by atoms with van der Waals surface area (Å²) < 4.78 is 0. The summed E-state index contributed by atoms with van der Waals surface area (Å²) >= 11 is 0. The maximum atomic E-state index is 10.5. The van der Waals surface area contributed by atoms with Crippen LogP contribution in [-0.4, -0.2) is 10.7 Å². The normalized spacial score (nSPS) is 26.8. The van der Waals surface area contributed by atoms with E-state index in [0.717, 1.165) is 12.8 Å². The van der Waals surface area contributed by atoms with E-state index in [9.17, 15) is 5.11 Å². The summed E-state index contributed by atoms with van der Waals surface area (Å²) in [7, 11) is 0. The van der Waals surface area contributed by atoms with Gasteiger partial charge in [-0.2, -0.15) is 0 Å². The van der Waals surface area contributed by atoms with Crippen molar-refractivity contribution in [2.24, 2.45) is 0 Å². The zero-order valence-corrected chi connectivity index (χ0v) is 10.5. The van der Waals surface area contributed by atoms with Crippen LogP contribution in [0.15, 0.2) is 55.1 Å². The highest BCUT2D eigenvalue weighted by Crippen LogP contribution is 2.48. The Morgan fingerprint density at radius 3 is 2.67 bits per heavy atom. The molecule has 0 saturated heterocycles. The van der Waals surface area contributed by atoms with Crippen LogP contribution in [0.25, 0.3) is 10.8 Å². The van der Waals surface area contributed by atoms with Crippen molar-refractivity contribution in [3.05, 3.63) is 60.7 Å². The summed E-state index contributed by atoms with van der Waals surface area (Å²) in [6.07, 6.45) is 4.47. The standard InChI is InChI=1S/C17H18O/c1-2-10-17(18)11-9-16(17)15-8-7-13-5-3-4-6-14(13)12-15/h2-8,12,16,18H,1,9-11H2/t16-,17-/m1/s1. The second-order valence-electron chi connectivity index (χ2n) is 5.29. The van der Waals surface area contributed by atoms with Gasteiger partial charge in [0.25, 0.3) is 0 Å². The zero-order valence-electron chi connectivity index (χ0n) is 10.5. The predicted molar refractivity (Wildman–Crippen MR) is 75.7 cm³/mol. The molecule has 18 heavy (non-hydrogen) atoms. The van der Waals surface area contributed by atoms with Gasteiger partial charge in [-0.25, -0.2) is 0 Å². The Kier molecular flexibility index (Phi) is 2.71. The van der Waals surface area contributed by atoms with Crippen molar-refractivity contribution in [3.8, 4) is 0 Å². The molecule has 0 heterocycles. The lowest BCUT2D eigenvalue weighted by Gasteiger charge is -2.45. The molecule has 0 spiro atoms. The summed E-state index contributed by atoms with van der Waals surface area (Å²) in [5.41, 5.74) is 0.689. The first-order valence-electron chi connectivity index (χ1n) is 6.55. The molecule has 2 aromatic rings. The molecule has 2 aromatic carbocycles. The lowest BCUT2D eigenvalue weighted by atomic mass is 9.64. The van der Waals surface area contributed by atoms with Crippen molar-refractivity contribution in [1.82, 2.24) is 0 Å². The van der Waals surface area contributed by atoms with E-state index in [0.29, 0.717) is 6.42 Å². The molecule has 0 aliphatic heterocycles. The molecule has 0 unspecified atom stereocenters. The van der Waals surface area contributed by atoms with Crippen LogP contribution in [0.1, 0.15) is 30.7 Å². The highest BCUT2D eigenvalue weighted by atomic mass is 16.3. The Labute approximate surface area is 108 Å². The van der Waals surface area contributed by atoms with Gasteiger partial charge < -0.3 is 5.11 Å². The third-order valence-corrected chi connectivity index (χ3v) is 4.19. The molecule has 0 bridgehead atoms. The lowest BCUT2D eigenvalue weighted by molar-refractivity contribution is -0.0549. The second-order valence-corrected chi connectivity index (χ2v) is 5.29. The topological polar surface area (TPSA) is 20.2 Å². The first kappa shape index (κ1) is 11.5. The van der Waals surface area contributed by atoms with Crippen LogP contribution in [0.5, 0.6) is 0 Å². The fourth-order valence-electron chi connectivity index (χ4n) is 3.02. The minimum absolute atomic E-state index is 0.264. The van der Waals surface area contributed by atoms with E-state index in [1.54, 1.807) is 0 Å². The van der Waals surface area contributed by atoms with Crippen LogP contribution >= 0.6 is 0 Å². The minimum Gasteiger partial charge on any atom is -0.389 e. The van der Waals surface area contributed by atoms with E-state index in [1.807, 2.05) is 6.08 Å². The van der Waals surface area contributed by atoms with E-state index < -0.39 is 5.60 Å². The van der Waals surface area contributed by atoms with Gasteiger partial charge in [0, 0.05) is 5.92 Å². The van der Waals surface area contributed by atoms with Crippen LogP contribution in [0.2, 0.25) is 0 Å².